The first-order chi connectivity index (χ1) is 15.5. The van der Waals surface area contributed by atoms with Gasteiger partial charge in [-0.25, -0.2) is 9.13 Å². The van der Waals surface area contributed by atoms with Crippen molar-refractivity contribution in [2.45, 2.75) is 57.9 Å². The smallest absolute Gasteiger partial charge is 0.243 e. The van der Waals surface area contributed by atoms with Crippen LogP contribution in [0, 0.1) is 0 Å². The molecule has 32 heavy (non-hydrogen) atoms. The van der Waals surface area contributed by atoms with Crippen molar-refractivity contribution >= 4 is 31.9 Å². The van der Waals surface area contributed by atoms with Gasteiger partial charge in [0.25, 0.3) is 0 Å². The third kappa shape index (κ3) is 4.12. The number of ether oxygens (including phenoxy) is 1. The SMILES string of the molecule is C[n+]1ccn(CCOc2c(Br)cc3c(c2-c2c(O)c(Br)cc4c2CCCC4)CCCC3)c1. The molecule has 2 aliphatic carbocycles. The minimum Gasteiger partial charge on any atom is -0.506 e. The van der Waals surface area contributed by atoms with E-state index >= 15 is 0 Å². The van der Waals surface area contributed by atoms with E-state index in [1.54, 1.807) is 0 Å². The maximum absolute atomic E-state index is 11.3. The van der Waals surface area contributed by atoms with E-state index in [2.05, 4.69) is 61.1 Å². The Hall–Kier alpha value is -1.79. The number of phenolic OH excluding ortho intramolecular Hbond substituents is 1. The molecule has 0 bridgehead atoms. The van der Waals surface area contributed by atoms with Gasteiger partial charge < -0.3 is 9.84 Å². The Kier molecular flexibility index (Phi) is 6.35. The molecule has 6 heteroatoms. The van der Waals surface area contributed by atoms with E-state index in [-0.39, 0.29) is 0 Å². The Bertz CT molecular complexity index is 1170. The fourth-order valence-electron chi connectivity index (χ4n) is 5.27. The molecular weight excluding hydrogens is 532 g/mol. The monoisotopic (exact) mass is 559 g/mol. The van der Waals surface area contributed by atoms with Crippen LogP contribution in [0.2, 0.25) is 0 Å². The van der Waals surface area contributed by atoms with Crippen molar-refractivity contribution in [2.24, 2.45) is 7.05 Å². The first-order valence-electron chi connectivity index (χ1n) is 11.5. The topological polar surface area (TPSA) is 38.3 Å². The second-order valence-corrected chi connectivity index (χ2v) is 10.7. The lowest BCUT2D eigenvalue weighted by atomic mass is 9.80. The summed E-state index contributed by atoms with van der Waals surface area (Å²) in [4.78, 5) is 0. The fraction of sp³-hybridized carbons (Fsp3) is 0.423. The van der Waals surface area contributed by atoms with Crippen LogP contribution in [0.1, 0.15) is 47.9 Å². The number of aryl methyl sites for hydroxylation is 3. The third-order valence-corrected chi connectivity index (χ3v) is 8.00. The summed E-state index contributed by atoms with van der Waals surface area (Å²) in [6, 6.07) is 4.36. The van der Waals surface area contributed by atoms with Crippen LogP contribution in [-0.2, 0) is 39.3 Å². The first-order valence-corrected chi connectivity index (χ1v) is 13.1. The maximum atomic E-state index is 11.3. The van der Waals surface area contributed by atoms with Gasteiger partial charge >= 0.3 is 0 Å². The van der Waals surface area contributed by atoms with Crippen LogP contribution >= 0.6 is 31.9 Å². The third-order valence-electron chi connectivity index (χ3n) is 6.80. The van der Waals surface area contributed by atoms with Crippen molar-refractivity contribution < 1.29 is 14.4 Å². The van der Waals surface area contributed by atoms with Gasteiger partial charge in [0, 0.05) is 11.1 Å². The van der Waals surface area contributed by atoms with Gasteiger partial charge in [-0.1, -0.05) is 0 Å². The van der Waals surface area contributed by atoms with Crippen molar-refractivity contribution in [2.75, 3.05) is 6.61 Å². The Balaban J connectivity index is 1.64. The van der Waals surface area contributed by atoms with Crippen molar-refractivity contribution in [1.29, 1.82) is 0 Å². The van der Waals surface area contributed by atoms with Crippen LogP contribution in [-0.4, -0.2) is 16.3 Å². The summed E-state index contributed by atoms with van der Waals surface area (Å²) >= 11 is 7.46. The predicted molar refractivity (Wildman–Crippen MR) is 133 cm³/mol. The van der Waals surface area contributed by atoms with Gasteiger partial charge in [0.2, 0.25) is 6.33 Å². The highest BCUT2D eigenvalue weighted by molar-refractivity contribution is 9.11. The van der Waals surface area contributed by atoms with Crippen LogP contribution in [0.4, 0.5) is 0 Å². The van der Waals surface area contributed by atoms with E-state index in [0.29, 0.717) is 12.4 Å². The Labute approximate surface area is 206 Å². The number of aromatic hydroxyl groups is 1. The summed E-state index contributed by atoms with van der Waals surface area (Å²) in [6.45, 7) is 1.34. The number of benzene rings is 2. The molecule has 0 atom stereocenters. The van der Waals surface area contributed by atoms with E-state index in [1.807, 2.05) is 17.8 Å². The minimum absolute atomic E-state index is 0.346. The molecule has 0 unspecified atom stereocenters. The first kappa shape index (κ1) is 22.0. The summed E-state index contributed by atoms with van der Waals surface area (Å²) in [5.74, 6) is 1.21. The quantitative estimate of drug-likeness (QED) is 0.386. The lowest BCUT2D eigenvalue weighted by Gasteiger charge is -2.28. The number of halogens is 2. The van der Waals surface area contributed by atoms with Gasteiger partial charge in [-0.3, -0.25) is 0 Å². The Morgan fingerprint density at radius 2 is 1.56 bits per heavy atom. The number of fused-ring (bicyclic) bond motifs is 2. The Morgan fingerprint density at radius 1 is 0.938 bits per heavy atom. The molecule has 0 aliphatic heterocycles. The molecule has 0 fully saturated rings. The van der Waals surface area contributed by atoms with Crippen LogP contribution in [0.15, 0.2) is 39.8 Å². The van der Waals surface area contributed by atoms with Crippen molar-refractivity contribution in [3.8, 4) is 22.6 Å². The number of hydrogen-bond donors (Lipinski definition) is 1. The zero-order valence-corrected chi connectivity index (χ0v) is 21.6. The lowest BCUT2D eigenvalue weighted by Crippen LogP contribution is -2.24. The average molecular weight is 561 g/mol. The molecular formula is C26H29Br2N2O2+. The molecule has 4 nitrogen and oxygen atoms in total. The van der Waals surface area contributed by atoms with E-state index in [4.69, 9.17) is 4.74 Å². The zero-order valence-electron chi connectivity index (χ0n) is 18.5. The molecule has 0 radical (unpaired) electrons. The highest BCUT2D eigenvalue weighted by Crippen LogP contribution is 2.51. The lowest BCUT2D eigenvalue weighted by molar-refractivity contribution is -0.671. The fourth-order valence-corrected chi connectivity index (χ4v) is 6.33. The molecule has 3 aromatic rings. The number of imidazole rings is 1. The van der Waals surface area contributed by atoms with Gasteiger partial charge in [0.15, 0.2) is 0 Å². The summed E-state index contributed by atoms with van der Waals surface area (Å²) in [5, 5.41) is 11.3. The standard InChI is InChI=1S/C26H28Br2N2O2/c1-29-10-11-30(16-29)12-13-32-26-22(28)15-18-7-3-5-9-20(18)24(26)23-19-8-4-2-6-17(19)14-21(27)25(23)31/h10-11,14-16H,2-9,12-13H2,1H3/p+1. The average Bonchev–Trinajstić information content (AvgIpc) is 3.20. The van der Waals surface area contributed by atoms with Crippen LogP contribution in [0.5, 0.6) is 11.5 Å². The molecule has 0 spiro atoms. The number of hydrogen-bond acceptors (Lipinski definition) is 2. The largest absolute Gasteiger partial charge is 0.506 e. The van der Waals surface area contributed by atoms with Crippen LogP contribution in [0.3, 0.4) is 0 Å². The summed E-state index contributed by atoms with van der Waals surface area (Å²) < 4.78 is 12.4. The van der Waals surface area contributed by atoms with Gasteiger partial charge in [-0.15, -0.1) is 0 Å². The van der Waals surface area contributed by atoms with Crippen molar-refractivity contribution in [3.63, 3.8) is 0 Å². The van der Waals surface area contributed by atoms with Gasteiger partial charge in [0.05, 0.1) is 16.0 Å². The highest BCUT2D eigenvalue weighted by atomic mass is 79.9. The van der Waals surface area contributed by atoms with E-state index in [9.17, 15) is 5.11 Å². The zero-order chi connectivity index (χ0) is 22.2. The number of phenols is 1. The molecule has 1 heterocycles. The molecule has 168 valence electrons. The second-order valence-electron chi connectivity index (χ2n) is 9.00. The van der Waals surface area contributed by atoms with Crippen LogP contribution < -0.4 is 9.30 Å². The molecule has 5 rings (SSSR count). The molecule has 0 saturated carbocycles. The van der Waals surface area contributed by atoms with Crippen LogP contribution in [0.25, 0.3) is 11.1 Å². The van der Waals surface area contributed by atoms with Gasteiger partial charge in [-0.05, 0) is 118 Å². The molecule has 2 aromatic carbocycles. The maximum Gasteiger partial charge on any atom is 0.243 e. The molecule has 0 amide bonds. The predicted octanol–water partition coefficient (Wildman–Crippen LogP) is 6.05. The molecule has 1 N–H and O–H groups in total. The van der Waals surface area contributed by atoms with E-state index in [1.165, 1.54) is 41.5 Å². The summed E-state index contributed by atoms with van der Waals surface area (Å²) in [6.07, 6.45) is 15.1. The number of aromatic nitrogens is 2. The molecule has 2 aliphatic rings. The van der Waals surface area contributed by atoms with E-state index in [0.717, 1.165) is 64.5 Å². The number of rotatable bonds is 5. The summed E-state index contributed by atoms with van der Waals surface area (Å²) in [5.41, 5.74) is 7.46. The minimum atomic E-state index is 0.346. The number of nitrogens with zero attached hydrogens (tertiary/aromatic N) is 2. The van der Waals surface area contributed by atoms with E-state index < -0.39 is 0 Å². The normalized spacial score (nSPS) is 15.3. The summed E-state index contributed by atoms with van der Waals surface area (Å²) in [7, 11) is 2.02. The Morgan fingerprint density at radius 3 is 2.22 bits per heavy atom. The second kappa shape index (κ2) is 9.22. The van der Waals surface area contributed by atoms with Crippen molar-refractivity contribution in [1.82, 2.24) is 4.57 Å². The molecule has 1 aromatic heterocycles. The van der Waals surface area contributed by atoms with Gasteiger partial charge in [0.1, 0.15) is 37.0 Å². The highest BCUT2D eigenvalue weighted by Gasteiger charge is 2.28. The van der Waals surface area contributed by atoms with Gasteiger partial charge in [-0.2, -0.15) is 0 Å². The molecule has 0 saturated heterocycles. The van der Waals surface area contributed by atoms with Crippen molar-refractivity contribution in [3.05, 3.63) is 62.1 Å².